The molecular formula is C21H22ClNO2. The summed E-state index contributed by atoms with van der Waals surface area (Å²) in [5.41, 5.74) is 6.61. The van der Waals surface area contributed by atoms with E-state index >= 15 is 0 Å². The van der Waals surface area contributed by atoms with E-state index in [4.69, 9.17) is 16.3 Å². The van der Waals surface area contributed by atoms with Gasteiger partial charge in [-0.15, -0.1) is 11.6 Å². The van der Waals surface area contributed by atoms with Gasteiger partial charge in [-0.1, -0.05) is 19.9 Å². The van der Waals surface area contributed by atoms with Crippen molar-refractivity contribution in [1.29, 1.82) is 0 Å². The number of benzene rings is 1. The molecule has 0 N–H and O–H groups in total. The fourth-order valence-corrected chi connectivity index (χ4v) is 4.42. The maximum atomic E-state index is 11.5. The third-order valence-corrected chi connectivity index (χ3v) is 5.90. The van der Waals surface area contributed by atoms with Crippen molar-refractivity contribution in [1.82, 2.24) is 4.98 Å². The van der Waals surface area contributed by atoms with Crippen LogP contribution in [0.2, 0.25) is 0 Å². The number of nitrogens with zero attached hydrogens (tertiary/aromatic N) is 1. The molecule has 3 nitrogen and oxygen atoms in total. The molecule has 0 saturated carbocycles. The van der Waals surface area contributed by atoms with Crippen LogP contribution in [0.4, 0.5) is 0 Å². The first-order valence-corrected chi connectivity index (χ1v) is 9.46. The summed E-state index contributed by atoms with van der Waals surface area (Å²) in [6.45, 7) is 4.83. The number of alkyl halides is 1. The highest BCUT2D eigenvalue weighted by Crippen LogP contribution is 2.43. The molecule has 2 aliphatic carbocycles. The maximum Gasteiger partial charge on any atom is 0.321 e. The van der Waals surface area contributed by atoms with Crippen molar-refractivity contribution >= 4 is 33.9 Å². The van der Waals surface area contributed by atoms with E-state index in [1.165, 1.54) is 38.6 Å². The summed E-state index contributed by atoms with van der Waals surface area (Å²) in [6, 6.07) is 4.59. The fourth-order valence-electron chi connectivity index (χ4n) is 4.34. The SMILES string of the molecule is CC1Cc2cc(C3=C(COC(=O)CCl)[C@H](C)CC3)cc3cncc1c23. The molecule has 0 amide bonds. The molecule has 0 radical (unpaired) electrons. The van der Waals surface area contributed by atoms with Crippen LogP contribution in [0.25, 0.3) is 16.3 Å². The highest BCUT2D eigenvalue weighted by Gasteiger charge is 2.27. The van der Waals surface area contributed by atoms with Gasteiger partial charge in [0.05, 0.1) is 0 Å². The monoisotopic (exact) mass is 355 g/mol. The number of pyridine rings is 1. The van der Waals surface area contributed by atoms with Gasteiger partial charge >= 0.3 is 5.97 Å². The molecule has 4 rings (SSSR count). The lowest BCUT2D eigenvalue weighted by atomic mass is 9.95. The normalized spacial score (nSPS) is 22.0. The Labute approximate surface area is 153 Å². The average Bonchev–Trinajstić information content (AvgIpc) is 3.14. The summed E-state index contributed by atoms with van der Waals surface area (Å²) in [6.07, 6.45) is 7.19. The van der Waals surface area contributed by atoms with E-state index in [1.807, 2.05) is 12.4 Å². The van der Waals surface area contributed by atoms with E-state index in [2.05, 4.69) is 31.0 Å². The van der Waals surface area contributed by atoms with Gasteiger partial charge < -0.3 is 4.74 Å². The summed E-state index contributed by atoms with van der Waals surface area (Å²) in [4.78, 5) is 15.9. The molecule has 0 saturated heterocycles. The predicted octanol–water partition coefficient (Wildman–Crippen LogP) is 4.86. The van der Waals surface area contributed by atoms with Gasteiger partial charge in [0.2, 0.25) is 0 Å². The Morgan fingerprint density at radius 3 is 2.92 bits per heavy atom. The van der Waals surface area contributed by atoms with Crippen molar-refractivity contribution < 1.29 is 9.53 Å². The van der Waals surface area contributed by atoms with E-state index in [-0.39, 0.29) is 11.8 Å². The molecule has 2 atom stereocenters. The number of halogens is 1. The summed E-state index contributed by atoms with van der Waals surface area (Å²) >= 11 is 5.55. The van der Waals surface area contributed by atoms with Crippen LogP contribution in [-0.4, -0.2) is 23.4 Å². The molecule has 2 aromatic rings. The van der Waals surface area contributed by atoms with Gasteiger partial charge in [-0.25, -0.2) is 0 Å². The molecule has 1 aromatic heterocycles. The number of esters is 1. The minimum absolute atomic E-state index is 0.0938. The third kappa shape index (κ3) is 2.85. The van der Waals surface area contributed by atoms with E-state index in [0.29, 0.717) is 18.4 Å². The van der Waals surface area contributed by atoms with Gasteiger partial charge in [0.15, 0.2) is 0 Å². The molecular weight excluding hydrogens is 334 g/mol. The second kappa shape index (κ2) is 6.45. The number of ether oxygens (including phenoxy) is 1. The Morgan fingerprint density at radius 2 is 2.12 bits per heavy atom. The molecule has 25 heavy (non-hydrogen) atoms. The van der Waals surface area contributed by atoms with Crippen LogP contribution in [0.5, 0.6) is 0 Å². The molecule has 130 valence electrons. The number of hydrogen-bond donors (Lipinski definition) is 0. The van der Waals surface area contributed by atoms with E-state index in [0.717, 1.165) is 19.3 Å². The first-order chi connectivity index (χ1) is 12.1. The Balaban J connectivity index is 1.77. The number of hydrogen-bond acceptors (Lipinski definition) is 3. The van der Waals surface area contributed by atoms with Gasteiger partial charge in [0, 0.05) is 17.8 Å². The van der Waals surface area contributed by atoms with E-state index in [9.17, 15) is 4.79 Å². The topological polar surface area (TPSA) is 39.2 Å². The molecule has 1 aromatic carbocycles. The summed E-state index contributed by atoms with van der Waals surface area (Å²) in [5.74, 6) is 0.518. The molecule has 1 heterocycles. The lowest BCUT2D eigenvalue weighted by Crippen LogP contribution is -2.11. The summed E-state index contributed by atoms with van der Waals surface area (Å²) < 4.78 is 5.33. The zero-order valence-corrected chi connectivity index (χ0v) is 15.4. The van der Waals surface area contributed by atoms with E-state index in [1.54, 1.807) is 0 Å². The highest BCUT2D eigenvalue weighted by molar-refractivity contribution is 6.26. The first-order valence-electron chi connectivity index (χ1n) is 8.93. The molecule has 0 bridgehead atoms. The number of carbonyl (C=O) groups excluding carboxylic acids is 1. The van der Waals surface area contributed by atoms with Crippen molar-refractivity contribution in [2.75, 3.05) is 12.5 Å². The van der Waals surface area contributed by atoms with Crippen LogP contribution in [0.1, 0.15) is 49.3 Å². The molecule has 0 spiro atoms. The van der Waals surface area contributed by atoms with Gasteiger partial charge in [-0.05, 0) is 70.4 Å². The van der Waals surface area contributed by atoms with Gasteiger partial charge in [0.25, 0.3) is 0 Å². The summed E-state index contributed by atoms with van der Waals surface area (Å²) in [7, 11) is 0. The molecule has 0 aliphatic heterocycles. The second-order valence-corrected chi connectivity index (χ2v) is 7.57. The Bertz CT molecular complexity index is 887. The van der Waals surface area contributed by atoms with Crippen LogP contribution < -0.4 is 0 Å². The average molecular weight is 356 g/mol. The lowest BCUT2D eigenvalue weighted by molar-refractivity contribution is -0.139. The van der Waals surface area contributed by atoms with Crippen LogP contribution in [0.3, 0.4) is 0 Å². The zero-order chi connectivity index (χ0) is 17.6. The van der Waals surface area contributed by atoms with Crippen molar-refractivity contribution in [3.8, 4) is 0 Å². The lowest BCUT2D eigenvalue weighted by Gasteiger charge is -2.13. The van der Waals surface area contributed by atoms with Crippen molar-refractivity contribution in [2.45, 2.75) is 39.0 Å². The largest absolute Gasteiger partial charge is 0.460 e. The molecule has 2 aliphatic rings. The van der Waals surface area contributed by atoms with Gasteiger partial charge in [-0.3, -0.25) is 9.78 Å². The first kappa shape index (κ1) is 16.6. The fraction of sp³-hybridized carbons (Fsp3) is 0.429. The molecule has 1 unspecified atom stereocenters. The zero-order valence-electron chi connectivity index (χ0n) is 14.6. The van der Waals surface area contributed by atoms with E-state index < -0.39 is 0 Å². The number of rotatable bonds is 4. The number of allylic oxidation sites excluding steroid dienone is 1. The minimum atomic E-state index is -0.354. The number of carbonyl (C=O) groups is 1. The molecule has 4 heteroatoms. The van der Waals surface area contributed by atoms with Crippen molar-refractivity contribution in [3.63, 3.8) is 0 Å². The molecule has 0 fully saturated rings. The van der Waals surface area contributed by atoms with Crippen molar-refractivity contribution in [3.05, 3.63) is 46.8 Å². The quantitative estimate of drug-likeness (QED) is 0.580. The Kier molecular flexibility index (Phi) is 4.28. The minimum Gasteiger partial charge on any atom is -0.460 e. The van der Waals surface area contributed by atoms with Crippen LogP contribution in [0, 0.1) is 5.92 Å². The highest BCUT2D eigenvalue weighted by atomic mass is 35.5. The standard InChI is InChI=1S/C21H22ClNO2/c1-12-3-4-17(19(12)11-25-20(24)8-22)14-6-15-5-13(2)18-10-23-9-16(7-14)21(15)18/h6-7,9-10,12-13H,3-5,8,11H2,1-2H3/t12-,13?/m1/s1. The van der Waals surface area contributed by atoms with Crippen molar-refractivity contribution in [2.24, 2.45) is 5.92 Å². The van der Waals surface area contributed by atoms with Gasteiger partial charge in [0.1, 0.15) is 12.5 Å². The Hall–Kier alpha value is -1.87. The van der Waals surface area contributed by atoms with Crippen LogP contribution in [0.15, 0.2) is 30.1 Å². The number of aromatic nitrogens is 1. The third-order valence-electron chi connectivity index (χ3n) is 5.68. The van der Waals surface area contributed by atoms with Gasteiger partial charge in [-0.2, -0.15) is 0 Å². The summed E-state index contributed by atoms with van der Waals surface area (Å²) in [5, 5.41) is 2.60. The maximum absolute atomic E-state index is 11.5. The predicted molar refractivity (Wildman–Crippen MR) is 101 cm³/mol. The van der Waals surface area contributed by atoms with Crippen LogP contribution in [-0.2, 0) is 16.0 Å². The second-order valence-electron chi connectivity index (χ2n) is 7.31. The van der Waals surface area contributed by atoms with Crippen LogP contribution >= 0.6 is 11.6 Å². The Morgan fingerprint density at radius 1 is 1.28 bits per heavy atom. The smallest absolute Gasteiger partial charge is 0.321 e.